The zero-order valence-corrected chi connectivity index (χ0v) is 8.26. The number of rotatable bonds is 3. The van der Waals surface area contributed by atoms with E-state index in [4.69, 9.17) is 10.4 Å². The number of nitriles is 1. The van der Waals surface area contributed by atoms with Gasteiger partial charge in [0, 0.05) is 0 Å². The molecule has 2 atom stereocenters. The highest BCUT2D eigenvalue weighted by molar-refractivity contribution is 5.12. The molecule has 68 valence electrons. The highest BCUT2D eigenvalue weighted by Gasteiger charge is 2.31. The fourth-order valence-electron chi connectivity index (χ4n) is 1.02. The minimum Gasteiger partial charge on any atom is -0.395 e. The van der Waals surface area contributed by atoms with Gasteiger partial charge in [0.05, 0.1) is 18.1 Å². The van der Waals surface area contributed by atoms with Crippen LogP contribution in [0.15, 0.2) is 11.6 Å². The first-order chi connectivity index (χ1) is 5.51. The predicted molar refractivity (Wildman–Crippen MR) is 49.4 cm³/mol. The second-order valence-electron chi connectivity index (χ2n) is 3.44. The maximum Gasteiger partial charge on any atom is 0.0838 e. The molecule has 2 heteroatoms. The van der Waals surface area contributed by atoms with Gasteiger partial charge >= 0.3 is 0 Å². The third-order valence-corrected chi connectivity index (χ3v) is 2.68. The summed E-state index contributed by atoms with van der Waals surface area (Å²) in [6.45, 7) is 7.59. The van der Waals surface area contributed by atoms with E-state index in [1.165, 1.54) is 0 Å². The standard InChI is InChI=1S/C10H17NO/c1-5-8(2)9(3)10(4,6-11)7-12/h5,9,12H,7H2,1-4H3/b8-5-/t9-,10+/m0/s1. The van der Waals surface area contributed by atoms with Crippen molar-refractivity contribution in [3.8, 4) is 6.07 Å². The quantitative estimate of drug-likeness (QED) is 0.654. The van der Waals surface area contributed by atoms with Gasteiger partial charge in [-0.1, -0.05) is 18.6 Å². The van der Waals surface area contributed by atoms with Gasteiger partial charge in [-0.25, -0.2) is 0 Å². The van der Waals surface area contributed by atoms with Crippen LogP contribution in [0.5, 0.6) is 0 Å². The highest BCUT2D eigenvalue weighted by Crippen LogP contribution is 2.31. The van der Waals surface area contributed by atoms with Gasteiger partial charge in [0.1, 0.15) is 0 Å². The third-order valence-electron chi connectivity index (χ3n) is 2.68. The molecule has 0 saturated heterocycles. The van der Waals surface area contributed by atoms with Crippen molar-refractivity contribution in [2.45, 2.75) is 27.7 Å². The second-order valence-corrected chi connectivity index (χ2v) is 3.44. The molecule has 0 aromatic carbocycles. The Balaban J connectivity index is 4.67. The lowest BCUT2D eigenvalue weighted by molar-refractivity contribution is 0.154. The van der Waals surface area contributed by atoms with Gasteiger partial charge in [-0.2, -0.15) is 5.26 Å². The van der Waals surface area contributed by atoms with Crippen molar-refractivity contribution in [2.24, 2.45) is 11.3 Å². The van der Waals surface area contributed by atoms with Crippen LogP contribution in [-0.4, -0.2) is 11.7 Å². The van der Waals surface area contributed by atoms with Crippen LogP contribution in [0.3, 0.4) is 0 Å². The van der Waals surface area contributed by atoms with Crippen LogP contribution >= 0.6 is 0 Å². The number of allylic oxidation sites excluding steroid dienone is 2. The number of nitrogens with zero attached hydrogens (tertiary/aromatic N) is 1. The molecule has 0 heterocycles. The number of hydrogen-bond acceptors (Lipinski definition) is 2. The fraction of sp³-hybridized carbons (Fsp3) is 0.700. The Kier molecular flexibility index (Phi) is 3.99. The summed E-state index contributed by atoms with van der Waals surface area (Å²) in [4.78, 5) is 0. The van der Waals surface area contributed by atoms with Gasteiger partial charge < -0.3 is 5.11 Å². The Hall–Kier alpha value is -0.810. The minimum absolute atomic E-state index is 0.0875. The molecule has 0 aliphatic carbocycles. The molecule has 0 aromatic rings. The van der Waals surface area contributed by atoms with Gasteiger partial charge in [0.25, 0.3) is 0 Å². The van der Waals surface area contributed by atoms with Gasteiger partial charge in [-0.3, -0.25) is 0 Å². The lowest BCUT2D eigenvalue weighted by Crippen LogP contribution is -2.28. The molecule has 2 nitrogen and oxygen atoms in total. The van der Waals surface area contributed by atoms with Gasteiger partial charge in [0.15, 0.2) is 0 Å². The molecule has 1 N–H and O–H groups in total. The molecule has 0 fully saturated rings. The Morgan fingerprint density at radius 1 is 1.75 bits per heavy atom. The van der Waals surface area contributed by atoms with E-state index in [0.717, 1.165) is 5.57 Å². The normalized spacial score (nSPS) is 19.5. The maximum absolute atomic E-state index is 9.05. The summed E-state index contributed by atoms with van der Waals surface area (Å²) >= 11 is 0. The fourth-order valence-corrected chi connectivity index (χ4v) is 1.02. The van der Waals surface area contributed by atoms with Crippen LogP contribution in [0, 0.1) is 22.7 Å². The van der Waals surface area contributed by atoms with Gasteiger partial charge in [0.2, 0.25) is 0 Å². The van der Waals surface area contributed by atoms with Crippen LogP contribution in [-0.2, 0) is 0 Å². The van der Waals surface area contributed by atoms with Crippen molar-refractivity contribution in [2.75, 3.05) is 6.61 Å². The lowest BCUT2D eigenvalue weighted by atomic mass is 9.76. The summed E-state index contributed by atoms with van der Waals surface area (Å²) in [5.74, 6) is 0.109. The summed E-state index contributed by atoms with van der Waals surface area (Å²) in [7, 11) is 0. The molecule has 0 saturated carbocycles. The van der Waals surface area contributed by atoms with Crippen LogP contribution in [0.25, 0.3) is 0 Å². The molecule has 0 aliphatic heterocycles. The first-order valence-corrected chi connectivity index (χ1v) is 4.16. The van der Waals surface area contributed by atoms with E-state index in [0.29, 0.717) is 0 Å². The van der Waals surface area contributed by atoms with Crippen molar-refractivity contribution in [3.05, 3.63) is 11.6 Å². The molecule has 0 rings (SSSR count). The van der Waals surface area contributed by atoms with Crippen molar-refractivity contribution in [1.82, 2.24) is 0 Å². The summed E-state index contributed by atoms with van der Waals surface area (Å²) in [6, 6.07) is 2.15. The van der Waals surface area contributed by atoms with Crippen molar-refractivity contribution < 1.29 is 5.11 Å². The van der Waals surface area contributed by atoms with Crippen LogP contribution < -0.4 is 0 Å². The Morgan fingerprint density at radius 3 is 2.50 bits per heavy atom. The molecule has 0 aromatic heterocycles. The van der Waals surface area contributed by atoms with Gasteiger partial charge in [-0.15, -0.1) is 0 Å². The molecule has 0 aliphatic rings. The van der Waals surface area contributed by atoms with E-state index < -0.39 is 5.41 Å². The molecule has 0 bridgehead atoms. The smallest absolute Gasteiger partial charge is 0.0838 e. The Bertz CT molecular complexity index is 214. The summed E-state index contributed by atoms with van der Waals surface area (Å²) in [5.41, 5.74) is 0.504. The average Bonchev–Trinajstić information content (AvgIpc) is 2.14. The Labute approximate surface area is 74.5 Å². The molecular formula is C10H17NO. The van der Waals surface area contributed by atoms with E-state index in [2.05, 4.69) is 6.07 Å². The van der Waals surface area contributed by atoms with Crippen molar-refractivity contribution in [1.29, 1.82) is 5.26 Å². The molecule has 0 amide bonds. The van der Waals surface area contributed by atoms with Crippen molar-refractivity contribution >= 4 is 0 Å². The van der Waals surface area contributed by atoms with E-state index in [1.54, 1.807) is 6.92 Å². The highest BCUT2D eigenvalue weighted by atomic mass is 16.3. The maximum atomic E-state index is 9.05. The Morgan fingerprint density at radius 2 is 2.25 bits per heavy atom. The van der Waals surface area contributed by atoms with E-state index in [-0.39, 0.29) is 12.5 Å². The second kappa shape index (κ2) is 4.27. The first-order valence-electron chi connectivity index (χ1n) is 4.16. The topological polar surface area (TPSA) is 44.0 Å². The zero-order chi connectivity index (χ0) is 9.78. The predicted octanol–water partition coefficient (Wildman–Crippen LogP) is 2.11. The van der Waals surface area contributed by atoms with E-state index >= 15 is 0 Å². The summed E-state index contributed by atoms with van der Waals surface area (Å²) in [5, 5.41) is 17.9. The van der Waals surface area contributed by atoms with Crippen LogP contribution in [0.1, 0.15) is 27.7 Å². The van der Waals surface area contributed by atoms with Crippen molar-refractivity contribution in [3.63, 3.8) is 0 Å². The van der Waals surface area contributed by atoms with E-state index in [1.807, 2.05) is 26.8 Å². The summed E-state index contributed by atoms with van der Waals surface area (Å²) in [6.07, 6.45) is 1.98. The largest absolute Gasteiger partial charge is 0.395 e. The molecular weight excluding hydrogens is 150 g/mol. The number of aliphatic hydroxyl groups is 1. The van der Waals surface area contributed by atoms with E-state index in [9.17, 15) is 0 Å². The average molecular weight is 167 g/mol. The van der Waals surface area contributed by atoms with Crippen LogP contribution in [0.4, 0.5) is 0 Å². The van der Waals surface area contributed by atoms with Gasteiger partial charge in [-0.05, 0) is 26.7 Å². The molecule has 0 radical (unpaired) electrons. The lowest BCUT2D eigenvalue weighted by Gasteiger charge is -2.27. The molecule has 0 unspecified atom stereocenters. The minimum atomic E-state index is -0.642. The number of hydrogen-bond donors (Lipinski definition) is 1. The molecule has 12 heavy (non-hydrogen) atoms. The molecule has 0 spiro atoms. The monoisotopic (exact) mass is 167 g/mol. The number of aliphatic hydroxyl groups excluding tert-OH is 1. The SMILES string of the molecule is C/C=C(/C)[C@H](C)[C@](C)(C#N)CO. The first kappa shape index (κ1) is 11.2. The van der Waals surface area contributed by atoms with Crippen LogP contribution in [0.2, 0.25) is 0 Å². The summed E-state index contributed by atoms with van der Waals surface area (Å²) < 4.78 is 0. The zero-order valence-electron chi connectivity index (χ0n) is 8.26. The third kappa shape index (κ3) is 2.09.